The van der Waals surface area contributed by atoms with Crippen LogP contribution in [0.15, 0.2) is 54.9 Å². The summed E-state index contributed by atoms with van der Waals surface area (Å²) in [5.74, 6) is 1.12. The lowest BCUT2D eigenvalue weighted by atomic mass is 10.1. The van der Waals surface area contributed by atoms with E-state index in [9.17, 15) is 4.79 Å². The topological polar surface area (TPSA) is 74.2 Å². The van der Waals surface area contributed by atoms with Gasteiger partial charge in [-0.2, -0.15) is 0 Å². The van der Waals surface area contributed by atoms with Gasteiger partial charge in [-0.15, -0.1) is 0 Å². The molecule has 160 valence electrons. The molecule has 5 heterocycles. The normalized spacial score (nSPS) is 16.3. The predicted molar refractivity (Wildman–Crippen MR) is 123 cm³/mol. The molecule has 1 N–H and O–H groups in total. The van der Waals surface area contributed by atoms with Gasteiger partial charge in [-0.1, -0.05) is 6.07 Å². The smallest absolute Gasteiger partial charge is 0.207 e. The van der Waals surface area contributed by atoms with Crippen molar-refractivity contribution in [2.75, 3.05) is 36.5 Å². The van der Waals surface area contributed by atoms with Crippen LogP contribution in [-0.2, 0) is 11.2 Å². The van der Waals surface area contributed by atoms with Crippen molar-refractivity contribution in [1.82, 2.24) is 20.3 Å². The highest BCUT2D eigenvalue weighted by Crippen LogP contribution is 2.38. The number of nitrogens with one attached hydrogen (secondary N) is 1. The number of pyridine rings is 3. The molecular formula is C24H28N6O. The number of likely N-dealkylation sites (N-methyl/N-ethyl adjacent to an activating group) is 1. The van der Waals surface area contributed by atoms with Gasteiger partial charge in [0.2, 0.25) is 6.41 Å². The molecule has 2 bridgehead atoms. The first-order chi connectivity index (χ1) is 15.2. The Labute approximate surface area is 183 Å². The molecule has 2 aliphatic rings. The van der Waals surface area contributed by atoms with Crippen molar-refractivity contribution >= 4 is 17.9 Å². The summed E-state index contributed by atoms with van der Waals surface area (Å²) in [5.41, 5.74) is 5.47. The van der Waals surface area contributed by atoms with Crippen LogP contribution in [0.4, 0.5) is 11.5 Å². The Hall–Kier alpha value is -3.48. The number of aryl methyl sites for hydroxylation is 1. The summed E-state index contributed by atoms with van der Waals surface area (Å²) < 4.78 is 0. The largest absolute Gasteiger partial charge is 0.366 e. The highest BCUT2D eigenvalue weighted by Gasteiger charge is 2.34. The van der Waals surface area contributed by atoms with Gasteiger partial charge in [-0.25, -0.2) is 4.98 Å². The summed E-state index contributed by atoms with van der Waals surface area (Å²) in [6.45, 7) is 4.96. The molecule has 7 nitrogen and oxygen atoms in total. The van der Waals surface area contributed by atoms with Crippen LogP contribution in [0.1, 0.15) is 17.8 Å². The van der Waals surface area contributed by atoms with Crippen LogP contribution in [-0.4, -0.2) is 54.1 Å². The van der Waals surface area contributed by atoms with E-state index in [0.717, 1.165) is 48.0 Å². The van der Waals surface area contributed by atoms with E-state index in [1.807, 2.05) is 37.4 Å². The summed E-state index contributed by atoms with van der Waals surface area (Å²) in [6, 6.07) is 14.8. The van der Waals surface area contributed by atoms with Crippen molar-refractivity contribution in [3.63, 3.8) is 0 Å². The van der Waals surface area contributed by atoms with Crippen molar-refractivity contribution in [3.05, 3.63) is 66.2 Å². The molecule has 2 aliphatic heterocycles. The molecule has 0 spiro atoms. The first-order valence-corrected chi connectivity index (χ1v) is 10.6. The average molecular weight is 417 g/mol. The summed E-state index contributed by atoms with van der Waals surface area (Å²) in [7, 11) is 2.17. The second kappa shape index (κ2) is 9.55. The van der Waals surface area contributed by atoms with Crippen molar-refractivity contribution in [1.29, 1.82) is 0 Å². The zero-order valence-corrected chi connectivity index (χ0v) is 18.0. The number of nitrogens with zero attached hydrogens (tertiary/aromatic N) is 5. The SMILES string of the molecule is Cc1cc(-c2ccc3c(n2)N(C)C2CCN3C2)ccn1.O=CNCCc1ccccn1. The lowest BCUT2D eigenvalue weighted by Crippen LogP contribution is -2.40. The Morgan fingerprint density at radius 1 is 1.16 bits per heavy atom. The number of carbonyl (C=O) groups is 1. The number of hydrogen-bond donors (Lipinski definition) is 1. The number of fused-ring (bicyclic) bond motifs is 4. The predicted octanol–water partition coefficient (Wildman–Crippen LogP) is 2.85. The third-order valence-corrected chi connectivity index (χ3v) is 5.77. The molecule has 0 radical (unpaired) electrons. The lowest BCUT2D eigenvalue weighted by Gasteiger charge is -2.34. The molecule has 1 atom stereocenters. The van der Waals surface area contributed by atoms with Gasteiger partial charge in [-0.05, 0) is 49.7 Å². The van der Waals surface area contributed by atoms with Gasteiger partial charge in [0.15, 0.2) is 5.82 Å². The maximum atomic E-state index is 9.86. The zero-order chi connectivity index (χ0) is 21.6. The molecule has 0 aliphatic carbocycles. The number of amides is 1. The number of aromatic nitrogens is 3. The fourth-order valence-electron chi connectivity index (χ4n) is 4.07. The van der Waals surface area contributed by atoms with Crippen LogP contribution in [0.3, 0.4) is 0 Å². The molecule has 7 heteroatoms. The summed E-state index contributed by atoms with van der Waals surface area (Å²) >= 11 is 0. The van der Waals surface area contributed by atoms with Crippen molar-refractivity contribution < 1.29 is 4.79 Å². The van der Waals surface area contributed by atoms with E-state index < -0.39 is 0 Å². The fourth-order valence-corrected chi connectivity index (χ4v) is 4.07. The van der Waals surface area contributed by atoms with E-state index in [4.69, 9.17) is 4.98 Å². The maximum Gasteiger partial charge on any atom is 0.207 e. The second-order valence-corrected chi connectivity index (χ2v) is 7.87. The molecule has 1 unspecified atom stereocenters. The van der Waals surface area contributed by atoms with E-state index in [0.29, 0.717) is 19.0 Å². The first kappa shape index (κ1) is 20.8. The molecule has 1 amide bonds. The van der Waals surface area contributed by atoms with Crippen LogP contribution in [0.2, 0.25) is 0 Å². The first-order valence-electron chi connectivity index (χ1n) is 10.6. The molecule has 3 aromatic rings. The minimum Gasteiger partial charge on any atom is -0.366 e. The van der Waals surface area contributed by atoms with E-state index >= 15 is 0 Å². The fraction of sp³-hybridized carbons (Fsp3) is 0.333. The average Bonchev–Trinajstić information content (AvgIpc) is 3.25. The molecule has 0 saturated carbocycles. The van der Waals surface area contributed by atoms with E-state index in [1.54, 1.807) is 6.20 Å². The summed E-state index contributed by atoms with van der Waals surface area (Å²) in [5, 5.41) is 2.58. The summed E-state index contributed by atoms with van der Waals surface area (Å²) in [4.78, 5) is 27.9. The van der Waals surface area contributed by atoms with Gasteiger partial charge < -0.3 is 15.1 Å². The van der Waals surface area contributed by atoms with Gasteiger partial charge in [-0.3, -0.25) is 14.8 Å². The van der Waals surface area contributed by atoms with E-state index in [1.165, 1.54) is 12.1 Å². The Balaban J connectivity index is 0.000000180. The van der Waals surface area contributed by atoms with Crippen molar-refractivity contribution in [3.8, 4) is 11.3 Å². The molecule has 5 rings (SSSR count). The minimum atomic E-state index is 0.615. The van der Waals surface area contributed by atoms with Crippen LogP contribution in [0.25, 0.3) is 11.3 Å². The maximum absolute atomic E-state index is 9.86. The Morgan fingerprint density at radius 3 is 2.84 bits per heavy atom. The van der Waals surface area contributed by atoms with Gasteiger partial charge in [0.1, 0.15) is 0 Å². The zero-order valence-electron chi connectivity index (χ0n) is 18.0. The number of anilines is 2. The van der Waals surface area contributed by atoms with Gasteiger partial charge in [0.25, 0.3) is 0 Å². The minimum absolute atomic E-state index is 0.615. The van der Waals surface area contributed by atoms with Crippen LogP contribution in [0.5, 0.6) is 0 Å². The Bertz CT molecular complexity index is 1030. The van der Waals surface area contributed by atoms with Gasteiger partial charge in [0.05, 0.1) is 11.4 Å². The Morgan fingerprint density at radius 2 is 2.06 bits per heavy atom. The van der Waals surface area contributed by atoms with Gasteiger partial charge in [0, 0.05) is 68.5 Å². The van der Waals surface area contributed by atoms with E-state index in [2.05, 4.69) is 50.3 Å². The molecule has 3 aromatic heterocycles. The number of carbonyl (C=O) groups excluding carboxylic acids is 1. The molecule has 0 aromatic carbocycles. The van der Waals surface area contributed by atoms with Crippen LogP contribution in [0, 0.1) is 6.92 Å². The number of rotatable bonds is 5. The molecule has 1 saturated heterocycles. The number of hydrogen-bond acceptors (Lipinski definition) is 6. The molecular weight excluding hydrogens is 388 g/mol. The second-order valence-electron chi connectivity index (χ2n) is 7.87. The van der Waals surface area contributed by atoms with Crippen LogP contribution < -0.4 is 15.1 Å². The molecule has 31 heavy (non-hydrogen) atoms. The lowest BCUT2D eigenvalue weighted by molar-refractivity contribution is -0.109. The quantitative estimate of drug-likeness (QED) is 0.509. The van der Waals surface area contributed by atoms with Crippen molar-refractivity contribution in [2.24, 2.45) is 0 Å². The summed E-state index contributed by atoms with van der Waals surface area (Å²) in [6.07, 6.45) is 6.32. The van der Waals surface area contributed by atoms with Gasteiger partial charge >= 0.3 is 0 Å². The van der Waals surface area contributed by atoms with Crippen molar-refractivity contribution in [2.45, 2.75) is 25.8 Å². The standard InChI is InChI=1S/C16H18N4.C8H10N2O/c1-11-9-12(5-7-17-11)14-3-4-15-16(18-14)19(2)13-6-8-20(15)10-13;11-7-9-6-4-8-3-1-2-5-10-8/h3-5,7,9,13H,6,8,10H2,1-2H3;1-3,5,7H,4,6H2,(H,9,11). The monoisotopic (exact) mass is 416 g/mol. The highest BCUT2D eigenvalue weighted by molar-refractivity contribution is 5.75. The third kappa shape index (κ3) is 4.82. The Kier molecular flexibility index (Phi) is 6.40. The van der Waals surface area contributed by atoms with Crippen LogP contribution >= 0.6 is 0 Å². The molecule has 1 fully saturated rings. The van der Waals surface area contributed by atoms with E-state index in [-0.39, 0.29) is 0 Å². The third-order valence-electron chi connectivity index (χ3n) is 5.77. The highest BCUT2D eigenvalue weighted by atomic mass is 16.1.